The number of nitrogens with one attached hydrogen (secondary N) is 4. The summed E-state index contributed by atoms with van der Waals surface area (Å²) in [6, 6.07) is 5.21. The van der Waals surface area contributed by atoms with Crippen molar-refractivity contribution in [2.75, 3.05) is 25.0 Å². The third-order valence-electron chi connectivity index (χ3n) is 7.20. The number of benzene rings is 1. The van der Waals surface area contributed by atoms with Gasteiger partial charge in [0.1, 0.15) is 11.5 Å². The van der Waals surface area contributed by atoms with E-state index in [0.717, 1.165) is 5.56 Å². The minimum absolute atomic E-state index is 0.252. The summed E-state index contributed by atoms with van der Waals surface area (Å²) in [5.74, 6) is -1.74. The van der Waals surface area contributed by atoms with Crippen molar-refractivity contribution < 1.29 is 28.8 Å². The zero-order chi connectivity index (χ0) is 30.5. The summed E-state index contributed by atoms with van der Waals surface area (Å²) in [7, 11) is 0. The van der Waals surface area contributed by atoms with Crippen LogP contribution in [0.5, 0.6) is 0 Å². The Kier molecular flexibility index (Phi) is 12.1. The summed E-state index contributed by atoms with van der Waals surface area (Å²) >= 11 is 5.83. The number of nitrogens with zero attached hydrogens (tertiary/aromatic N) is 1. The van der Waals surface area contributed by atoms with E-state index in [0.29, 0.717) is 69.6 Å². The number of hydrogen-bond donors (Lipinski definition) is 5. The highest BCUT2D eigenvalue weighted by atomic mass is 35.5. The quantitative estimate of drug-likeness (QED) is 0.0635. The summed E-state index contributed by atoms with van der Waals surface area (Å²) in [4.78, 5) is 75.0. The highest BCUT2D eigenvalue weighted by Crippen LogP contribution is 2.41. The van der Waals surface area contributed by atoms with Crippen LogP contribution in [0.3, 0.4) is 0 Å². The normalized spacial score (nSPS) is 16.2. The van der Waals surface area contributed by atoms with E-state index < -0.39 is 35.2 Å². The topological polar surface area (TPSA) is 180 Å². The van der Waals surface area contributed by atoms with E-state index in [1.54, 1.807) is 30.3 Å². The molecule has 1 unspecified atom stereocenters. The number of carbonyl (C=O) groups is 6. The molecule has 12 nitrogen and oxygen atoms in total. The highest BCUT2D eigenvalue weighted by Gasteiger charge is 2.51. The number of urea groups is 1. The summed E-state index contributed by atoms with van der Waals surface area (Å²) in [6.45, 7) is 0.905. The molecule has 1 aromatic carbocycles. The Bertz CT molecular complexity index is 1210. The van der Waals surface area contributed by atoms with Crippen LogP contribution in [0.4, 0.5) is 10.5 Å². The Morgan fingerprint density at radius 2 is 1.64 bits per heavy atom. The summed E-state index contributed by atoms with van der Waals surface area (Å²) in [5, 5.41) is 10.8. The van der Waals surface area contributed by atoms with E-state index in [4.69, 9.17) is 17.3 Å². The number of anilines is 1. The van der Waals surface area contributed by atoms with Gasteiger partial charge in [0.2, 0.25) is 11.8 Å². The fourth-order valence-corrected chi connectivity index (χ4v) is 4.75. The van der Waals surface area contributed by atoms with Crippen LogP contribution in [0.1, 0.15) is 50.5 Å². The van der Waals surface area contributed by atoms with Gasteiger partial charge in [-0.05, 0) is 56.2 Å². The number of imide groups is 1. The molecule has 0 aromatic heterocycles. The minimum Gasteiger partial charge on any atom is -0.355 e. The first-order chi connectivity index (χ1) is 20.2. The maximum Gasteiger partial charge on any atom is 0.312 e. The molecule has 3 rings (SSSR count). The lowest BCUT2D eigenvalue weighted by Gasteiger charge is -2.39. The van der Waals surface area contributed by atoms with Gasteiger partial charge in [-0.15, -0.1) is 11.6 Å². The number of amides is 7. The smallest absolute Gasteiger partial charge is 0.312 e. The molecule has 0 spiro atoms. The van der Waals surface area contributed by atoms with E-state index in [9.17, 15) is 28.8 Å². The molecule has 1 aliphatic heterocycles. The molecule has 1 aliphatic carbocycles. The molecule has 0 saturated heterocycles. The third kappa shape index (κ3) is 8.90. The lowest BCUT2D eigenvalue weighted by atomic mass is 9.67. The molecule has 6 N–H and O–H groups in total. The van der Waals surface area contributed by atoms with Gasteiger partial charge < -0.3 is 27.0 Å². The fraction of sp³-hybridized carbons (Fsp3) is 0.448. The van der Waals surface area contributed by atoms with Gasteiger partial charge in [-0.25, -0.2) is 4.79 Å². The highest BCUT2D eigenvalue weighted by molar-refractivity contribution is 6.17. The van der Waals surface area contributed by atoms with E-state index in [1.807, 2.05) is 0 Å². The van der Waals surface area contributed by atoms with E-state index in [2.05, 4.69) is 21.3 Å². The van der Waals surface area contributed by atoms with Crippen LogP contribution >= 0.6 is 11.6 Å². The first-order valence-corrected chi connectivity index (χ1v) is 14.5. The number of nitrogens with two attached hydrogens (primary N) is 1. The largest absolute Gasteiger partial charge is 0.355 e. The Morgan fingerprint density at radius 3 is 2.24 bits per heavy atom. The van der Waals surface area contributed by atoms with Gasteiger partial charge in [0.15, 0.2) is 0 Å². The van der Waals surface area contributed by atoms with Crippen molar-refractivity contribution in [1.29, 1.82) is 0 Å². The zero-order valence-electron chi connectivity index (χ0n) is 23.3. The van der Waals surface area contributed by atoms with Crippen molar-refractivity contribution in [3.63, 3.8) is 0 Å². The number of rotatable bonds is 16. The molecular weight excluding hydrogens is 564 g/mol. The maximum absolute atomic E-state index is 13.4. The molecule has 42 heavy (non-hydrogen) atoms. The van der Waals surface area contributed by atoms with Gasteiger partial charge >= 0.3 is 6.03 Å². The average molecular weight is 601 g/mol. The number of hydrogen-bond acceptors (Lipinski definition) is 6. The molecule has 7 amide bonds. The van der Waals surface area contributed by atoms with Gasteiger partial charge in [-0.3, -0.25) is 28.9 Å². The van der Waals surface area contributed by atoms with Crippen LogP contribution in [0, 0.1) is 5.41 Å². The van der Waals surface area contributed by atoms with Crippen LogP contribution in [-0.2, 0) is 29.9 Å². The molecule has 0 radical (unpaired) electrons. The number of primary amides is 1. The Balaban J connectivity index is 1.55. The molecule has 0 bridgehead atoms. The van der Waals surface area contributed by atoms with Crippen molar-refractivity contribution in [3.8, 4) is 0 Å². The van der Waals surface area contributed by atoms with Gasteiger partial charge in [-0.2, -0.15) is 0 Å². The molecule has 2 aliphatic rings. The van der Waals surface area contributed by atoms with E-state index in [-0.39, 0.29) is 18.4 Å². The monoisotopic (exact) mass is 600 g/mol. The fourth-order valence-electron chi connectivity index (χ4n) is 4.57. The zero-order valence-corrected chi connectivity index (χ0v) is 24.1. The van der Waals surface area contributed by atoms with Crippen molar-refractivity contribution in [1.82, 2.24) is 20.9 Å². The van der Waals surface area contributed by atoms with E-state index in [1.165, 1.54) is 23.1 Å². The Labute approximate surface area is 249 Å². The number of alkyl halides is 1. The summed E-state index contributed by atoms with van der Waals surface area (Å²) < 4.78 is 0. The van der Waals surface area contributed by atoms with E-state index >= 15 is 0 Å². The van der Waals surface area contributed by atoms with Crippen molar-refractivity contribution >= 4 is 52.9 Å². The first kappa shape index (κ1) is 32.3. The maximum atomic E-state index is 13.4. The second-order valence-electron chi connectivity index (χ2n) is 10.2. The van der Waals surface area contributed by atoms with Gasteiger partial charge in [0.25, 0.3) is 17.7 Å². The van der Waals surface area contributed by atoms with Crippen molar-refractivity contribution in [2.24, 2.45) is 11.1 Å². The van der Waals surface area contributed by atoms with Crippen LogP contribution in [0.15, 0.2) is 48.6 Å². The standard InChI is InChI=1S/C29H37ClN6O6/c30-19-20-8-10-21(11-9-20)34-25(39)22(7-2-4-17-33-28(31)42)35-27(41)29(14-6-15-29)26(40)32-16-3-1-5-18-36-23(37)12-13-24(36)38/h2,7-13,22H,1,3-6,14-19H2,(H,32,40)(H,34,39)(H,35,41)(H3,31,33,42)/b7-2+. The predicted molar refractivity (Wildman–Crippen MR) is 157 cm³/mol. The van der Waals surface area contributed by atoms with Crippen LogP contribution in [0.25, 0.3) is 0 Å². The molecule has 1 saturated carbocycles. The molecular formula is C29H37ClN6O6. The molecule has 226 valence electrons. The average Bonchev–Trinajstić information content (AvgIpc) is 3.25. The van der Waals surface area contributed by atoms with Gasteiger partial charge in [-0.1, -0.05) is 30.7 Å². The summed E-state index contributed by atoms with van der Waals surface area (Å²) in [6.07, 6.45) is 9.33. The number of halogens is 1. The second kappa shape index (κ2) is 15.7. The number of carbonyl (C=O) groups excluding carboxylic acids is 6. The lowest BCUT2D eigenvalue weighted by Crippen LogP contribution is -2.58. The third-order valence-corrected chi connectivity index (χ3v) is 7.51. The molecule has 13 heteroatoms. The second-order valence-corrected chi connectivity index (χ2v) is 10.5. The molecule has 1 heterocycles. The molecule has 1 fully saturated rings. The van der Waals surface area contributed by atoms with Crippen molar-refractivity contribution in [3.05, 3.63) is 54.1 Å². The van der Waals surface area contributed by atoms with Gasteiger partial charge in [0, 0.05) is 43.4 Å². The Morgan fingerprint density at radius 1 is 0.952 bits per heavy atom. The van der Waals surface area contributed by atoms with Crippen LogP contribution in [0.2, 0.25) is 0 Å². The lowest BCUT2D eigenvalue weighted by molar-refractivity contribution is -0.150. The first-order valence-electron chi connectivity index (χ1n) is 13.9. The Hall–Kier alpha value is -4.19. The number of unbranched alkanes of at least 4 members (excludes halogenated alkanes) is 2. The molecule has 1 atom stereocenters. The predicted octanol–water partition coefficient (Wildman–Crippen LogP) is 1.85. The van der Waals surface area contributed by atoms with Crippen LogP contribution in [-0.4, -0.2) is 66.1 Å². The van der Waals surface area contributed by atoms with Crippen LogP contribution < -0.4 is 27.0 Å². The summed E-state index contributed by atoms with van der Waals surface area (Å²) in [5.41, 5.74) is 5.20. The SMILES string of the molecule is NC(=O)NCC/C=C/C(NC(=O)C1(C(=O)NCCCCCN2C(=O)C=CC2=O)CCC1)C(=O)Nc1ccc(CCl)cc1. The van der Waals surface area contributed by atoms with Crippen molar-refractivity contribution in [2.45, 2.75) is 56.9 Å². The van der Waals surface area contributed by atoms with Gasteiger partial charge in [0.05, 0.1) is 0 Å². The molecule has 1 aromatic rings. The minimum atomic E-state index is -1.28.